The van der Waals surface area contributed by atoms with Gasteiger partial charge in [0.1, 0.15) is 12.0 Å². The minimum absolute atomic E-state index is 0.124. The summed E-state index contributed by atoms with van der Waals surface area (Å²) in [5.41, 5.74) is 0.283. The Kier molecular flexibility index (Phi) is 3.36. The van der Waals surface area contributed by atoms with Crippen LogP contribution in [0.25, 0.3) is 0 Å². The van der Waals surface area contributed by atoms with Crippen molar-refractivity contribution in [1.29, 1.82) is 0 Å². The Balaban J connectivity index is 2.21. The maximum Gasteiger partial charge on any atom is 0.274 e. The first-order chi connectivity index (χ1) is 7.70. The van der Waals surface area contributed by atoms with Crippen LogP contribution in [0.4, 0.5) is 0 Å². The molecule has 0 aliphatic carbocycles. The van der Waals surface area contributed by atoms with Crippen molar-refractivity contribution in [2.24, 2.45) is 0 Å². The van der Waals surface area contributed by atoms with Crippen molar-refractivity contribution >= 4 is 17.5 Å². The summed E-state index contributed by atoms with van der Waals surface area (Å²) in [4.78, 5) is 21.6. The van der Waals surface area contributed by atoms with Gasteiger partial charge in [0.05, 0.1) is 5.02 Å². The molecule has 0 saturated carbocycles. The Bertz CT molecular complexity index is 398. The van der Waals surface area contributed by atoms with Crippen LogP contribution in [-0.2, 0) is 0 Å². The quantitative estimate of drug-likeness (QED) is 0.780. The van der Waals surface area contributed by atoms with Crippen LogP contribution >= 0.6 is 11.6 Å². The number of amides is 1. The Morgan fingerprint density at radius 1 is 1.69 bits per heavy atom. The summed E-state index contributed by atoms with van der Waals surface area (Å²) in [5.74, 6) is -0.124. The summed E-state index contributed by atoms with van der Waals surface area (Å²) >= 11 is 5.90. The number of hydrogen-bond donors (Lipinski definition) is 1. The number of rotatable bonds is 1. The molecule has 1 N–H and O–H groups in total. The molecule has 5 nitrogen and oxygen atoms in total. The first-order valence-electron chi connectivity index (χ1n) is 5.17. The maximum absolute atomic E-state index is 12.2. The molecule has 1 saturated heterocycles. The van der Waals surface area contributed by atoms with E-state index in [9.17, 15) is 4.79 Å². The van der Waals surface area contributed by atoms with E-state index in [1.807, 2.05) is 6.92 Å². The predicted molar refractivity (Wildman–Crippen MR) is 60.4 cm³/mol. The lowest BCUT2D eigenvalue weighted by atomic mass is 10.2. The van der Waals surface area contributed by atoms with E-state index in [1.165, 1.54) is 12.5 Å². The molecule has 1 aromatic heterocycles. The molecule has 1 atom stereocenters. The van der Waals surface area contributed by atoms with Crippen LogP contribution in [0.3, 0.4) is 0 Å². The molecule has 0 spiro atoms. The van der Waals surface area contributed by atoms with Gasteiger partial charge < -0.3 is 10.2 Å². The molecular formula is C10H13ClN4O. The van der Waals surface area contributed by atoms with Gasteiger partial charge in [0, 0.05) is 31.9 Å². The topological polar surface area (TPSA) is 58.1 Å². The fourth-order valence-corrected chi connectivity index (χ4v) is 1.93. The maximum atomic E-state index is 12.2. The Hall–Kier alpha value is -1.20. The SMILES string of the molecule is C[C@H]1CNCCN1C(=O)c1ncncc1Cl. The molecule has 0 aromatic carbocycles. The number of piperazine rings is 1. The lowest BCUT2D eigenvalue weighted by molar-refractivity contribution is 0.0649. The smallest absolute Gasteiger partial charge is 0.274 e. The number of aromatic nitrogens is 2. The average Bonchev–Trinajstić information content (AvgIpc) is 2.29. The van der Waals surface area contributed by atoms with E-state index in [1.54, 1.807) is 4.90 Å². The second kappa shape index (κ2) is 4.76. The molecule has 1 aliphatic rings. The van der Waals surface area contributed by atoms with Crippen molar-refractivity contribution in [2.75, 3.05) is 19.6 Å². The van der Waals surface area contributed by atoms with Crippen LogP contribution in [0.15, 0.2) is 12.5 Å². The van der Waals surface area contributed by atoms with E-state index in [2.05, 4.69) is 15.3 Å². The molecule has 1 amide bonds. The zero-order chi connectivity index (χ0) is 11.5. The summed E-state index contributed by atoms with van der Waals surface area (Å²) in [7, 11) is 0. The molecule has 0 unspecified atom stereocenters. The van der Waals surface area contributed by atoms with Crippen LogP contribution in [-0.4, -0.2) is 46.5 Å². The first-order valence-corrected chi connectivity index (χ1v) is 5.55. The highest BCUT2D eigenvalue weighted by atomic mass is 35.5. The van der Waals surface area contributed by atoms with E-state index in [0.29, 0.717) is 11.6 Å². The zero-order valence-corrected chi connectivity index (χ0v) is 9.74. The lowest BCUT2D eigenvalue weighted by Gasteiger charge is -2.33. The predicted octanol–water partition coefficient (Wildman–Crippen LogP) is 0.564. The number of halogens is 1. The zero-order valence-electron chi connectivity index (χ0n) is 8.98. The summed E-state index contributed by atoms with van der Waals surface area (Å²) in [6.45, 7) is 4.28. The summed E-state index contributed by atoms with van der Waals surface area (Å²) in [6, 6.07) is 0.160. The van der Waals surface area contributed by atoms with E-state index in [-0.39, 0.29) is 17.6 Å². The van der Waals surface area contributed by atoms with Crippen LogP contribution in [0.2, 0.25) is 5.02 Å². The molecule has 16 heavy (non-hydrogen) atoms. The number of carbonyl (C=O) groups is 1. The van der Waals surface area contributed by atoms with Gasteiger partial charge in [-0.2, -0.15) is 0 Å². The minimum Gasteiger partial charge on any atom is -0.332 e. The third-order valence-electron chi connectivity index (χ3n) is 2.63. The third kappa shape index (κ3) is 2.15. The molecule has 2 heterocycles. The van der Waals surface area contributed by atoms with Gasteiger partial charge in [-0.15, -0.1) is 0 Å². The van der Waals surface area contributed by atoms with Gasteiger partial charge in [-0.1, -0.05) is 11.6 Å². The molecule has 0 bridgehead atoms. The Morgan fingerprint density at radius 3 is 3.19 bits per heavy atom. The van der Waals surface area contributed by atoms with Crippen molar-refractivity contribution in [1.82, 2.24) is 20.2 Å². The lowest BCUT2D eigenvalue weighted by Crippen LogP contribution is -2.52. The second-order valence-electron chi connectivity index (χ2n) is 3.77. The Morgan fingerprint density at radius 2 is 2.50 bits per heavy atom. The average molecular weight is 241 g/mol. The van der Waals surface area contributed by atoms with Crippen molar-refractivity contribution in [3.63, 3.8) is 0 Å². The van der Waals surface area contributed by atoms with Gasteiger partial charge in [0.2, 0.25) is 0 Å². The van der Waals surface area contributed by atoms with Gasteiger partial charge in [-0.3, -0.25) is 4.79 Å². The van der Waals surface area contributed by atoms with Crippen molar-refractivity contribution in [3.05, 3.63) is 23.2 Å². The highest BCUT2D eigenvalue weighted by Gasteiger charge is 2.26. The molecule has 1 aliphatic heterocycles. The number of hydrogen-bond acceptors (Lipinski definition) is 4. The number of nitrogens with zero attached hydrogens (tertiary/aromatic N) is 3. The molecule has 2 rings (SSSR count). The van der Waals surface area contributed by atoms with Crippen molar-refractivity contribution < 1.29 is 4.79 Å². The molecule has 0 radical (unpaired) electrons. The van der Waals surface area contributed by atoms with Crippen LogP contribution in [0, 0.1) is 0 Å². The second-order valence-corrected chi connectivity index (χ2v) is 4.18. The highest BCUT2D eigenvalue weighted by Crippen LogP contribution is 2.15. The van der Waals surface area contributed by atoms with Gasteiger partial charge in [0.15, 0.2) is 0 Å². The monoisotopic (exact) mass is 240 g/mol. The van der Waals surface area contributed by atoms with Crippen LogP contribution in [0.5, 0.6) is 0 Å². The van der Waals surface area contributed by atoms with Crippen molar-refractivity contribution in [3.8, 4) is 0 Å². The number of nitrogens with one attached hydrogen (secondary N) is 1. The highest BCUT2D eigenvalue weighted by molar-refractivity contribution is 6.33. The van der Waals surface area contributed by atoms with Gasteiger partial charge in [-0.25, -0.2) is 9.97 Å². The standard InChI is InChI=1S/C10H13ClN4O/c1-7-4-12-2-3-15(7)10(16)9-8(11)5-13-6-14-9/h5-7,12H,2-4H2,1H3/t7-/m0/s1. The van der Waals surface area contributed by atoms with E-state index >= 15 is 0 Å². The summed E-state index contributed by atoms with van der Waals surface area (Å²) in [5, 5.41) is 3.53. The fourth-order valence-electron chi connectivity index (χ4n) is 1.75. The molecule has 1 fully saturated rings. The molecule has 6 heteroatoms. The normalized spacial score (nSPS) is 20.9. The van der Waals surface area contributed by atoms with Gasteiger partial charge in [-0.05, 0) is 6.92 Å². The summed E-state index contributed by atoms with van der Waals surface area (Å²) < 4.78 is 0. The van der Waals surface area contributed by atoms with Gasteiger partial charge >= 0.3 is 0 Å². The molecular weight excluding hydrogens is 228 g/mol. The van der Waals surface area contributed by atoms with Crippen molar-refractivity contribution in [2.45, 2.75) is 13.0 Å². The first kappa shape index (κ1) is 11.3. The van der Waals surface area contributed by atoms with E-state index in [0.717, 1.165) is 13.1 Å². The van der Waals surface area contributed by atoms with Crippen LogP contribution < -0.4 is 5.32 Å². The number of carbonyl (C=O) groups excluding carboxylic acids is 1. The Labute approximate surface area is 98.8 Å². The van der Waals surface area contributed by atoms with Crippen LogP contribution in [0.1, 0.15) is 17.4 Å². The summed E-state index contributed by atoms with van der Waals surface area (Å²) in [6.07, 6.45) is 2.78. The van der Waals surface area contributed by atoms with E-state index < -0.39 is 0 Å². The molecule has 86 valence electrons. The molecule has 1 aromatic rings. The third-order valence-corrected chi connectivity index (χ3v) is 2.91. The fraction of sp³-hybridized carbons (Fsp3) is 0.500. The van der Waals surface area contributed by atoms with Gasteiger partial charge in [0.25, 0.3) is 5.91 Å². The van der Waals surface area contributed by atoms with E-state index in [4.69, 9.17) is 11.6 Å². The minimum atomic E-state index is -0.124. The largest absolute Gasteiger partial charge is 0.332 e.